The zero-order valence-electron chi connectivity index (χ0n) is 32.3. The Morgan fingerprint density at radius 2 is 1.25 bits per heavy atom. The van der Waals surface area contributed by atoms with E-state index in [1.807, 2.05) is 45.0 Å². The highest BCUT2D eigenvalue weighted by Gasteiger charge is 2.33. The average molecular weight is 835 g/mol. The van der Waals surface area contributed by atoms with Crippen molar-refractivity contribution in [1.29, 1.82) is 0 Å². The summed E-state index contributed by atoms with van der Waals surface area (Å²) in [5.74, 6) is 2.52. The molecule has 0 radical (unpaired) electrons. The van der Waals surface area contributed by atoms with Gasteiger partial charge in [-0.25, -0.2) is 9.59 Å². The van der Waals surface area contributed by atoms with Gasteiger partial charge in [-0.1, -0.05) is 58.5 Å². The quantitative estimate of drug-likeness (QED) is 0.196. The number of rotatable bonds is 12. The third-order valence-electron chi connectivity index (χ3n) is 8.90. The van der Waals surface area contributed by atoms with Gasteiger partial charge in [0.1, 0.15) is 17.5 Å². The van der Waals surface area contributed by atoms with Gasteiger partial charge >= 0.3 is 12.2 Å². The van der Waals surface area contributed by atoms with Gasteiger partial charge in [0, 0.05) is 89.2 Å². The Kier molecular flexibility index (Phi) is 17.9. The number of carbonyl (C=O) groups excluding carboxylic acids is 3. The van der Waals surface area contributed by atoms with E-state index in [-0.39, 0.29) is 24.3 Å². The molecule has 0 saturated carbocycles. The molecule has 2 aromatic rings. The van der Waals surface area contributed by atoms with Gasteiger partial charge in [-0.15, -0.1) is 0 Å². The Morgan fingerprint density at radius 1 is 0.792 bits per heavy atom. The van der Waals surface area contributed by atoms with Crippen molar-refractivity contribution in [1.82, 2.24) is 19.6 Å². The molecule has 2 atom stereocenters. The first kappa shape index (κ1) is 45.5. The Hall–Kier alpha value is -1.92. The molecule has 53 heavy (non-hydrogen) atoms. The molecule has 0 unspecified atom stereocenters. The molecule has 14 heteroatoms. The summed E-state index contributed by atoms with van der Waals surface area (Å²) >= 11 is 26.4. The molecule has 2 saturated heterocycles. The molecule has 2 amide bonds. The summed E-state index contributed by atoms with van der Waals surface area (Å²) in [6, 6.07) is 11.7. The van der Waals surface area contributed by atoms with Crippen LogP contribution in [0.15, 0.2) is 36.4 Å². The zero-order chi connectivity index (χ0) is 39.5. The van der Waals surface area contributed by atoms with Crippen molar-refractivity contribution in [2.75, 3.05) is 71.4 Å². The monoisotopic (exact) mass is 832 g/mol. The van der Waals surface area contributed by atoms with Crippen molar-refractivity contribution in [2.24, 2.45) is 0 Å². The standard InChI is InChI=1S/C23H35Cl2N3O2S.C16H21Cl2NO3/c1-23(2,3)30-22(29)26(4)14-18(17-5-6-20(24)21(25)13-17)7-8-27-15-19(16-27)28-9-11-31-12-10-28;1-16(2,3)22-15(21)19(4)10-12(7-8-20)11-5-6-13(17)14(18)9-11/h5-6,13,18-19H,7-12,14-16H2,1-4H3;5-6,8-9,12H,7,10H2,1-4H3/t18-;12-/m11/s1. The lowest BCUT2D eigenvalue weighted by molar-refractivity contribution is -0.108. The number of hydrogen-bond acceptors (Lipinski definition) is 8. The Labute approximate surface area is 340 Å². The fourth-order valence-electron chi connectivity index (χ4n) is 6.06. The molecule has 2 aliphatic rings. The van der Waals surface area contributed by atoms with Gasteiger partial charge in [0.2, 0.25) is 0 Å². The number of carbonyl (C=O) groups is 3. The van der Waals surface area contributed by atoms with E-state index in [0.29, 0.717) is 39.2 Å². The van der Waals surface area contributed by atoms with Crippen LogP contribution in [0.2, 0.25) is 20.1 Å². The van der Waals surface area contributed by atoms with Crippen LogP contribution in [0.4, 0.5) is 9.59 Å². The van der Waals surface area contributed by atoms with Crippen molar-refractivity contribution in [3.8, 4) is 0 Å². The number of thioether (sulfide) groups is 1. The summed E-state index contributed by atoms with van der Waals surface area (Å²) in [6.45, 7) is 17.7. The highest BCUT2D eigenvalue weighted by molar-refractivity contribution is 7.99. The molecule has 0 aromatic heterocycles. The van der Waals surface area contributed by atoms with E-state index in [1.54, 1.807) is 51.9 Å². The molecular weight excluding hydrogens is 778 g/mol. The van der Waals surface area contributed by atoms with E-state index in [9.17, 15) is 14.4 Å². The lowest BCUT2D eigenvalue weighted by Gasteiger charge is -2.47. The number of aldehydes is 1. The minimum atomic E-state index is -0.560. The van der Waals surface area contributed by atoms with Crippen LogP contribution < -0.4 is 0 Å². The van der Waals surface area contributed by atoms with E-state index in [4.69, 9.17) is 55.9 Å². The van der Waals surface area contributed by atoms with Gasteiger partial charge in [0.25, 0.3) is 0 Å². The summed E-state index contributed by atoms with van der Waals surface area (Å²) in [6.07, 6.45) is 1.34. The minimum Gasteiger partial charge on any atom is -0.444 e. The van der Waals surface area contributed by atoms with Crippen LogP contribution in [0.5, 0.6) is 0 Å². The van der Waals surface area contributed by atoms with Gasteiger partial charge in [-0.3, -0.25) is 4.90 Å². The number of halogens is 4. The molecule has 0 bridgehead atoms. The molecule has 2 aliphatic heterocycles. The van der Waals surface area contributed by atoms with Gasteiger partial charge in [-0.05, 0) is 89.9 Å². The number of likely N-dealkylation sites (tertiary alicyclic amines) is 1. The Bertz CT molecular complexity index is 1510. The number of amides is 2. The molecule has 0 spiro atoms. The smallest absolute Gasteiger partial charge is 0.410 e. The maximum absolute atomic E-state index is 12.5. The lowest BCUT2D eigenvalue weighted by Crippen LogP contribution is -2.61. The number of hydrogen-bond donors (Lipinski definition) is 0. The third-order valence-corrected chi connectivity index (χ3v) is 11.3. The molecule has 9 nitrogen and oxygen atoms in total. The van der Waals surface area contributed by atoms with Crippen molar-refractivity contribution >= 4 is 76.6 Å². The molecule has 0 N–H and O–H groups in total. The maximum Gasteiger partial charge on any atom is 0.410 e. The highest BCUT2D eigenvalue weighted by atomic mass is 35.5. The third kappa shape index (κ3) is 15.6. The van der Waals surface area contributed by atoms with Crippen molar-refractivity contribution in [3.05, 3.63) is 67.6 Å². The summed E-state index contributed by atoms with van der Waals surface area (Å²) in [5, 5.41) is 1.98. The first-order valence-electron chi connectivity index (χ1n) is 18.0. The van der Waals surface area contributed by atoms with Crippen LogP contribution in [0.1, 0.15) is 77.3 Å². The van der Waals surface area contributed by atoms with Crippen LogP contribution in [0, 0.1) is 0 Å². The Morgan fingerprint density at radius 3 is 1.68 bits per heavy atom. The largest absolute Gasteiger partial charge is 0.444 e. The van der Waals surface area contributed by atoms with E-state index in [2.05, 4.69) is 21.6 Å². The molecule has 296 valence electrons. The summed E-state index contributed by atoms with van der Waals surface area (Å²) in [5.41, 5.74) is 0.894. The second-order valence-electron chi connectivity index (χ2n) is 15.7. The van der Waals surface area contributed by atoms with Crippen molar-refractivity contribution in [2.45, 2.75) is 83.5 Å². The molecular formula is C39H56Cl4N4O5S. The molecule has 2 aromatic carbocycles. The number of benzene rings is 2. The van der Waals surface area contributed by atoms with Gasteiger partial charge in [-0.2, -0.15) is 11.8 Å². The van der Waals surface area contributed by atoms with Crippen LogP contribution in [-0.2, 0) is 14.3 Å². The SMILES string of the molecule is CN(C[C@@H](CC=O)c1ccc(Cl)c(Cl)c1)C(=O)OC(C)(C)C.CN(C[C@@H](CCN1CC(N2CCSCC2)C1)c1ccc(Cl)c(Cl)c1)C(=O)OC(C)(C)C. The van der Waals surface area contributed by atoms with Gasteiger partial charge in [0.05, 0.1) is 20.1 Å². The molecule has 2 fully saturated rings. The summed E-state index contributed by atoms with van der Waals surface area (Å²) < 4.78 is 10.8. The average Bonchev–Trinajstić information content (AvgIpc) is 3.05. The van der Waals surface area contributed by atoms with Crippen LogP contribution >= 0.6 is 58.2 Å². The number of ether oxygens (including phenoxy) is 2. The summed E-state index contributed by atoms with van der Waals surface area (Å²) in [4.78, 5) is 43.7. The zero-order valence-corrected chi connectivity index (χ0v) is 36.1. The van der Waals surface area contributed by atoms with Crippen LogP contribution in [-0.4, -0.2) is 127 Å². The second kappa shape index (κ2) is 20.8. The normalized spacial score (nSPS) is 16.8. The van der Waals surface area contributed by atoms with Crippen LogP contribution in [0.25, 0.3) is 0 Å². The molecule has 2 heterocycles. The van der Waals surface area contributed by atoms with E-state index in [0.717, 1.165) is 43.5 Å². The number of likely N-dealkylation sites (N-methyl/N-ethyl adjacent to an activating group) is 2. The van der Waals surface area contributed by atoms with E-state index < -0.39 is 17.3 Å². The molecule has 0 aliphatic carbocycles. The second-order valence-corrected chi connectivity index (χ2v) is 18.6. The highest BCUT2D eigenvalue weighted by Crippen LogP contribution is 2.31. The Balaban J connectivity index is 0.000000304. The first-order valence-corrected chi connectivity index (χ1v) is 20.7. The minimum absolute atomic E-state index is 0.162. The van der Waals surface area contributed by atoms with E-state index in [1.165, 1.54) is 29.5 Å². The topological polar surface area (TPSA) is 82.6 Å². The first-order chi connectivity index (χ1) is 24.8. The fraction of sp³-hybridized carbons (Fsp3) is 0.615. The summed E-state index contributed by atoms with van der Waals surface area (Å²) in [7, 11) is 3.44. The van der Waals surface area contributed by atoms with Crippen molar-refractivity contribution < 1.29 is 23.9 Å². The predicted octanol–water partition coefficient (Wildman–Crippen LogP) is 9.60. The van der Waals surface area contributed by atoms with Gasteiger partial charge < -0.3 is 29.0 Å². The maximum atomic E-state index is 12.5. The number of nitrogens with zero attached hydrogens (tertiary/aromatic N) is 4. The van der Waals surface area contributed by atoms with Gasteiger partial charge in [0.15, 0.2) is 0 Å². The van der Waals surface area contributed by atoms with Crippen LogP contribution in [0.3, 0.4) is 0 Å². The van der Waals surface area contributed by atoms with E-state index >= 15 is 0 Å². The lowest BCUT2D eigenvalue weighted by atomic mass is 9.94. The predicted molar refractivity (Wildman–Crippen MR) is 221 cm³/mol. The molecule has 4 rings (SSSR count). The fourth-order valence-corrected chi connectivity index (χ4v) is 7.60. The van der Waals surface area contributed by atoms with Crippen molar-refractivity contribution in [3.63, 3.8) is 0 Å².